The SMILES string of the molecule is COCc1c(C(=O)N2CCO[C@@H](c3ccnc(C)n3)C2)noc1C. The molecule has 1 fully saturated rings. The number of hydrogen-bond acceptors (Lipinski definition) is 7. The van der Waals surface area contributed by atoms with E-state index >= 15 is 0 Å². The molecule has 1 aliphatic rings. The first-order valence-corrected chi connectivity index (χ1v) is 7.74. The van der Waals surface area contributed by atoms with Gasteiger partial charge in [0.2, 0.25) is 0 Å². The van der Waals surface area contributed by atoms with Crippen molar-refractivity contribution < 1.29 is 18.8 Å². The highest BCUT2D eigenvalue weighted by atomic mass is 16.5. The van der Waals surface area contributed by atoms with Crippen LogP contribution in [0.15, 0.2) is 16.8 Å². The molecule has 0 aliphatic carbocycles. The van der Waals surface area contributed by atoms with Gasteiger partial charge in [-0.2, -0.15) is 0 Å². The molecule has 3 rings (SSSR count). The number of rotatable bonds is 4. The number of amides is 1. The molecule has 0 spiro atoms. The van der Waals surface area contributed by atoms with Crippen molar-refractivity contribution in [3.8, 4) is 0 Å². The van der Waals surface area contributed by atoms with Gasteiger partial charge in [0.15, 0.2) is 5.69 Å². The van der Waals surface area contributed by atoms with E-state index in [1.165, 1.54) is 0 Å². The summed E-state index contributed by atoms with van der Waals surface area (Å²) in [5.41, 5.74) is 1.76. The number of carbonyl (C=O) groups excluding carboxylic acids is 1. The molecule has 2 aromatic rings. The van der Waals surface area contributed by atoms with Gasteiger partial charge in [-0.15, -0.1) is 0 Å². The van der Waals surface area contributed by atoms with Crippen LogP contribution in [0.2, 0.25) is 0 Å². The maximum absolute atomic E-state index is 12.8. The summed E-state index contributed by atoms with van der Waals surface area (Å²) in [6.07, 6.45) is 1.42. The molecule has 0 saturated carbocycles. The molecule has 0 radical (unpaired) electrons. The predicted octanol–water partition coefficient (Wildman–Crippen LogP) is 1.44. The Morgan fingerprint density at radius 1 is 1.46 bits per heavy atom. The lowest BCUT2D eigenvalue weighted by atomic mass is 10.1. The minimum absolute atomic E-state index is 0.182. The van der Waals surface area contributed by atoms with E-state index < -0.39 is 0 Å². The van der Waals surface area contributed by atoms with Gasteiger partial charge < -0.3 is 18.9 Å². The summed E-state index contributed by atoms with van der Waals surface area (Å²) in [4.78, 5) is 23.0. The lowest BCUT2D eigenvalue weighted by Crippen LogP contribution is -2.43. The Balaban J connectivity index is 1.78. The van der Waals surface area contributed by atoms with Gasteiger partial charge in [0, 0.05) is 19.9 Å². The quantitative estimate of drug-likeness (QED) is 0.836. The summed E-state index contributed by atoms with van der Waals surface area (Å²) in [6.45, 7) is 5.23. The van der Waals surface area contributed by atoms with Gasteiger partial charge in [-0.1, -0.05) is 5.16 Å². The van der Waals surface area contributed by atoms with Gasteiger partial charge in [-0.3, -0.25) is 4.79 Å². The molecule has 1 amide bonds. The van der Waals surface area contributed by atoms with Gasteiger partial charge in [0.25, 0.3) is 5.91 Å². The molecule has 1 atom stereocenters. The molecule has 0 N–H and O–H groups in total. The third-order valence-electron chi connectivity index (χ3n) is 3.96. The van der Waals surface area contributed by atoms with Crippen molar-refractivity contribution >= 4 is 5.91 Å². The van der Waals surface area contributed by atoms with Crippen molar-refractivity contribution in [1.82, 2.24) is 20.0 Å². The Morgan fingerprint density at radius 3 is 3.04 bits per heavy atom. The molecule has 0 bridgehead atoms. The van der Waals surface area contributed by atoms with Crippen LogP contribution in [0.25, 0.3) is 0 Å². The lowest BCUT2D eigenvalue weighted by Gasteiger charge is -2.32. The standard InChI is InChI=1S/C16H20N4O4/c1-10-12(9-22-3)15(19-24-10)16(21)20-6-7-23-14(8-20)13-4-5-17-11(2)18-13/h4-5,14H,6-9H2,1-3H3/t14-/m1/s1. The number of methoxy groups -OCH3 is 1. The van der Waals surface area contributed by atoms with Crippen molar-refractivity contribution in [1.29, 1.82) is 0 Å². The predicted molar refractivity (Wildman–Crippen MR) is 83.3 cm³/mol. The van der Waals surface area contributed by atoms with Crippen LogP contribution >= 0.6 is 0 Å². The van der Waals surface area contributed by atoms with Crippen LogP contribution in [0.4, 0.5) is 0 Å². The second-order valence-electron chi connectivity index (χ2n) is 5.64. The molecule has 24 heavy (non-hydrogen) atoms. The molecule has 8 nitrogen and oxygen atoms in total. The number of aryl methyl sites for hydroxylation is 2. The number of morpholine rings is 1. The number of hydrogen-bond donors (Lipinski definition) is 0. The molecule has 1 aliphatic heterocycles. The van der Waals surface area contributed by atoms with Crippen LogP contribution in [0.1, 0.15) is 39.4 Å². The van der Waals surface area contributed by atoms with Crippen molar-refractivity contribution in [2.75, 3.05) is 26.8 Å². The Morgan fingerprint density at radius 2 is 2.29 bits per heavy atom. The zero-order valence-corrected chi connectivity index (χ0v) is 14.0. The van der Waals surface area contributed by atoms with Crippen LogP contribution in [-0.4, -0.2) is 52.7 Å². The summed E-state index contributed by atoms with van der Waals surface area (Å²) in [5.74, 6) is 1.09. The van der Waals surface area contributed by atoms with Crippen molar-refractivity contribution in [2.45, 2.75) is 26.6 Å². The molecule has 2 aromatic heterocycles. The summed E-state index contributed by atoms with van der Waals surface area (Å²) >= 11 is 0. The van der Waals surface area contributed by atoms with E-state index in [4.69, 9.17) is 14.0 Å². The first-order chi connectivity index (χ1) is 11.6. The molecular weight excluding hydrogens is 312 g/mol. The number of ether oxygens (including phenoxy) is 2. The van der Waals surface area contributed by atoms with Crippen LogP contribution in [0, 0.1) is 13.8 Å². The Hall–Kier alpha value is -2.32. The first-order valence-electron chi connectivity index (χ1n) is 7.74. The maximum Gasteiger partial charge on any atom is 0.276 e. The highest BCUT2D eigenvalue weighted by molar-refractivity contribution is 5.93. The summed E-state index contributed by atoms with van der Waals surface area (Å²) < 4.78 is 16.1. The van der Waals surface area contributed by atoms with Crippen molar-refractivity contribution in [3.05, 3.63) is 40.8 Å². The lowest BCUT2D eigenvalue weighted by molar-refractivity contribution is -0.0252. The third-order valence-corrected chi connectivity index (χ3v) is 3.96. The van der Waals surface area contributed by atoms with Gasteiger partial charge in [-0.25, -0.2) is 9.97 Å². The van der Waals surface area contributed by atoms with Gasteiger partial charge >= 0.3 is 0 Å². The minimum atomic E-state index is -0.275. The van der Waals surface area contributed by atoms with Crippen LogP contribution in [-0.2, 0) is 16.1 Å². The van der Waals surface area contributed by atoms with Crippen molar-refractivity contribution in [2.24, 2.45) is 0 Å². The maximum atomic E-state index is 12.8. The first kappa shape index (κ1) is 16.5. The monoisotopic (exact) mass is 332 g/mol. The Labute approximate surface area is 139 Å². The zero-order valence-electron chi connectivity index (χ0n) is 14.0. The summed E-state index contributed by atoms with van der Waals surface area (Å²) in [7, 11) is 1.57. The second kappa shape index (κ2) is 7.06. The number of carbonyl (C=O) groups is 1. The minimum Gasteiger partial charge on any atom is -0.380 e. The fourth-order valence-corrected chi connectivity index (χ4v) is 2.69. The Bertz CT molecular complexity index is 731. The topological polar surface area (TPSA) is 90.6 Å². The van der Waals surface area contributed by atoms with Gasteiger partial charge in [0.05, 0.1) is 31.0 Å². The third kappa shape index (κ3) is 3.29. The van der Waals surface area contributed by atoms with E-state index in [9.17, 15) is 4.79 Å². The van der Waals surface area contributed by atoms with E-state index in [-0.39, 0.29) is 18.6 Å². The Kier molecular flexibility index (Phi) is 4.86. The van der Waals surface area contributed by atoms with E-state index in [0.29, 0.717) is 42.5 Å². The smallest absolute Gasteiger partial charge is 0.276 e. The van der Waals surface area contributed by atoms with Gasteiger partial charge in [0.1, 0.15) is 17.7 Å². The van der Waals surface area contributed by atoms with Gasteiger partial charge in [-0.05, 0) is 19.9 Å². The van der Waals surface area contributed by atoms with E-state index in [0.717, 1.165) is 5.69 Å². The molecule has 0 unspecified atom stereocenters. The average molecular weight is 332 g/mol. The molecule has 0 aromatic carbocycles. The highest BCUT2D eigenvalue weighted by Crippen LogP contribution is 2.23. The highest BCUT2D eigenvalue weighted by Gasteiger charge is 2.30. The van der Waals surface area contributed by atoms with Crippen molar-refractivity contribution in [3.63, 3.8) is 0 Å². The zero-order chi connectivity index (χ0) is 17.1. The number of nitrogens with zero attached hydrogens (tertiary/aromatic N) is 4. The fraction of sp³-hybridized carbons (Fsp3) is 0.500. The van der Waals surface area contributed by atoms with E-state index in [1.54, 1.807) is 25.1 Å². The molecule has 1 saturated heterocycles. The summed E-state index contributed by atoms with van der Waals surface area (Å²) in [5, 5.41) is 3.91. The fourth-order valence-electron chi connectivity index (χ4n) is 2.69. The average Bonchev–Trinajstić information content (AvgIpc) is 2.96. The molecule has 8 heteroatoms. The van der Waals surface area contributed by atoms with E-state index in [2.05, 4.69) is 15.1 Å². The molecule has 128 valence electrons. The normalized spacial score (nSPS) is 18.0. The van der Waals surface area contributed by atoms with Crippen LogP contribution < -0.4 is 0 Å². The largest absolute Gasteiger partial charge is 0.380 e. The van der Waals surface area contributed by atoms with E-state index in [1.807, 2.05) is 13.0 Å². The molecule has 3 heterocycles. The molecular formula is C16H20N4O4. The van der Waals surface area contributed by atoms with Crippen LogP contribution in [0.3, 0.4) is 0 Å². The van der Waals surface area contributed by atoms with Crippen LogP contribution in [0.5, 0.6) is 0 Å². The number of aromatic nitrogens is 3. The second-order valence-corrected chi connectivity index (χ2v) is 5.64. The summed E-state index contributed by atoms with van der Waals surface area (Å²) in [6, 6.07) is 1.81.